The van der Waals surface area contributed by atoms with Crippen molar-refractivity contribution in [2.45, 2.75) is 25.5 Å². The number of aryl methyl sites for hydroxylation is 1. The monoisotopic (exact) mass is 471 g/mol. The summed E-state index contributed by atoms with van der Waals surface area (Å²) in [6.45, 7) is 1.78. The van der Waals surface area contributed by atoms with Crippen molar-refractivity contribution in [3.8, 4) is 11.5 Å². The third-order valence-corrected chi connectivity index (χ3v) is 6.29. The largest absolute Gasteiger partial charge is 0.457 e. The summed E-state index contributed by atoms with van der Waals surface area (Å²) in [5.41, 5.74) is 7.72. The van der Waals surface area contributed by atoms with Crippen LogP contribution in [0.2, 0.25) is 0 Å². The molecule has 0 saturated carbocycles. The van der Waals surface area contributed by atoms with E-state index in [0.717, 1.165) is 12.0 Å². The summed E-state index contributed by atoms with van der Waals surface area (Å²) >= 11 is 0. The Balaban J connectivity index is 1.49. The highest BCUT2D eigenvalue weighted by molar-refractivity contribution is 6.23. The fraction of sp³-hybridized carbons (Fsp3) is 0.222. The molecule has 8 heteroatoms. The molecular formula is C27H25N3O5. The number of carbonyl (C=O) groups is 3. The maximum Gasteiger partial charge on any atom is 0.265 e. The molecule has 8 nitrogen and oxygen atoms in total. The molecule has 0 spiro atoms. The van der Waals surface area contributed by atoms with Crippen LogP contribution in [0.1, 0.15) is 24.1 Å². The van der Waals surface area contributed by atoms with Gasteiger partial charge in [0.2, 0.25) is 11.8 Å². The number of imide groups is 1. The van der Waals surface area contributed by atoms with Crippen molar-refractivity contribution in [3.05, 3.63) is 90.0 Å². The molecule has 2 saturated heterocycles. The van der Waals surface area contributed by atoms with Crippen LogP contribution in [0, 0.1) is 5.92 Å². The molecule has 0 aliphatic carbocycles. The van der Waals surface area contributed by atoms with Gasteiger partial charge < -0.3 is 10.5 Å². The number of para-hydroxylation sites is 1. The minimum atomic E-state index is -1.05. The van der Waals surface area contributed by atoms with Crippen molar-refractivity contribution < 1.29 is 24.0 Å². The zero-order valence-electron chi connectivity index (χ0n) is 19.2. The predicted molar refractivity (Wildman–Crippen MR) is 128 cm³/mol. The number of nitrogens with two attached hydrogens (primary N) is 1. The van der Waals surface area contributed by atoms with E-state index in [1.54, 1.807) is 30.3 Å². The Morgan fingerprint density at radius 1 is 0.943 bits per heavy atom. The quantitative estimate of drug-likeness (QED) is 0.530. The number of hydroxylamine groups is 2. The van der Waals surface area contributed by atoms with E-state index >= 15 is 0 Å². The summed E-state index contributed by atoms with van der Waals surface area (Å²) in [6, 6.07) is 23.1. The van der Waals surface area contributed by atoms with Gasteiger partial charge in [0.15, 0.2) is 6.10 Å². The highest BCUT2D eigenvalue weighted by Crippen LogP contribution is 2.46. The van der Waals surface area contributed by atoms with Crippen LogP contribution in [0.15, 0.2) is 78.9 Å². The molecule has 178 valence electrons. The molecule has 0 aromatic heterocycles. The summed E-state index contributed by atoms with van der Waals surface area (Å²) in [5, 5.41) is 1.34. The number of nitrogens with zero attached hydrogens (tertiary/aromatic N) is 2. The van der Waals surface area contributed by atoms with Gasteiger partial charge in [-0.05, 0) is 53.9 Å². The summed E-state index contributed by atoms with van der Waals surface area (Å²) < 4.78 is 5.95. The van der Waals surface area contributed by atoms with E-state index in [9.17, 15) is 14.4 Å². The number of ether oxygens (including phenoxy) is 1. The molecule has 2 heterocycles. The van der Waals surface area contributed by atoms with Crippen LogP contribution in [-0.4, -0.2) is 35.4 Å². The zero-order valence-corrected chi connectivity index (χ0v) is 19.2. The van der Waals surface area contributed by atoms with Gasteiger partial charge in [-0.3, -0.25) is 19.2 Å². The van der Waals surface area contributed by atoms with E-state index in [-0.39, 0.29) is 12.5 Å². The average Bonchev–Trinajstić information content (AvgIpc) is 3.34. The number of benzene rings is 3. The molecule has 3 aromatic rings. The van der Waals surface area contributed by atoms with Gasteiger partial charge in [0.25, 0.3) is 5.91 Å². The van der Waals surface area contributed by atoms with Gasteiger partial charge in [0, 0.05) is 0 Å². The van der Waals surface area contributed by atoms with E-state index in [1.807, 2.05) is 55.5 Å². The second-order valence-corrected chi connectivity index (χ2v) is 8.56. The van der Waals surface area contributed by atoms with Crippen LogP contribution >= 0.6 is 0 Å². The van der Waals surface area contributed by atoms with E-state index < -0.39 is 29.9 Å². The lowest BCUT2D eigenvalue weighted by atomic mass is 9.90. The lowest BCUT2D eigenvalue weighted by Crippen LogP contribution is -2.40. The Labute approximate surface area is 202 Å². The van der Waals surface area contributed by atoms with E-state index in [4.69, 9.17) is 15.3 Å². The van der Waals surface area contributed by atoms with Gasteiger partial charge in [-0.25, -0.2) is 4.90 Å². The van der Waals surface area contributed by atoms with Crippen LogP contribution in [0.25, 0.3) is 0 Å². The number of anilines is 1. The molecular weight excluding hydrogens is 446 g/mol. The highest BCUT2D eigenvalue weighted by Gasteiger charge is 2.60. The first-order chi connectivity index (χ1) is 17.0. The van der Waals surface area contributed by atoms with E-state index in [2.05, 4.69) is 0 Å². The minimum Gasteiger partial charge on any atom is -0.457 e. The lowest BCUT2D eigenvalue weighted by molar-refractivity contribution is -0.175. The average molecular weight is 472 g/mol. The fourth-order valence-electron chi connectivity index (χ4n) is 4.65. The number of fused-ring (bicyclic) bond motifs is 1. The van der Waals surface area contributed by atoms with Gasteiger partial charge in [-0.1, -0.05) is 49.4 Å². The first kappa shape index (κ1) is 22.8. The molecule has 0 bridgehead atoms. The summed E-state index contributed by atoms with van der Waals surface area (Å²) in [6.07, 6.45) is -0.196. The Morgan fingerprint density at radius 2 is 1.66 bits per heavy atom. The molecule has 3 amide bonds. The molecule has 3 atom stereocenters. The normalized spacial score (nSPS) is 21.9. The molecule has 2 N–H and O–H groups in total. The Morgan fingerprint density at radius 3 is 2.34 bits per heavy atom. The third kappa shape index (κ3) is 4.29. The maximum absolute atomic E-state index is 13.6. The topological polar surface area (TPSA) is 102 Å². The number of rotatable bonds is 7. The standard InChI is InChI=1S/C27H25N3O5/c1-2-17-11-13-19(14-12-17)30-26(32)23-24(29(16-22(28)31)35-25(23)27(30)33)18-7-6-10-21(15-18)34-20-8-4-3-5-9-20/h3-15,23-25H,2,16H2,1H3,(H2,28,31). The number of hydrogen-bond donors (Lipinski definition) is 1. The van der Waals surface area contributed by atoms with E-state index in [0.29, 0.717) is 22.7 Å². The number of hydrogen-bond acceptors (Lipinski definition) is 6. The number of carbonyl (C=O) groups excluding carboxylic acids is 3. The molecule has 3 unspecified atom stereocenters. The third-order valence-electron chi connectivity index (χ3n) is 6.29. The Bertz CT molecular complexity index is 1260. The number of amides is 3. The lowest BCUT2D eigenvalue weighted by Gasteiger charge is -2.26. The van der Waals surface area contributed by atoms with Crippen LogP contribution in [0.5, 0.6) is 11.5 Å². The molecule has 35 heavy (non-hydrogen) atoms. The first-order valence-electron chi connectivity index (χ1n) is 11.5. The first-order valence-corrected chi connectivity index (χ1v) is 11.5. The molecule has 3 aromatic carbocycles. The van der Waals surface area contributed by atoms with Crippen LogP contribution < -0.4 is 15.4 Å². The van der Waals surface area contributed by atoms with Gasteiger partial charge in [0.1, 0.15) is 18.0 Å². The van der Waals surface area contributed by atoms with Crippen LogP contribution in [0.3, 0.4) is 0 Å². The van der Waals surface area contributed by atoms with Crippen LogP contribution in [0.4, 0.5) is 5.69 Å². The van der Waals surface area contributed by atoms with Crippen molar-refractivity contribution in [3.63, 3.8) is 0 Å². The van der Waals surface area contributed by atoms with Gasteiger partial charge in [0.05, 0.1) is 17.6 Å². The highest BCUT2D eigenvalue weighted by atomic mass is 16.7. The van der Waals surface area contributed by atoms with Gasteiger partial charge >= 0.3 is 0 Å². The minimum absolute atomic E-state index is 0.257. The zero-order chi connectivity index (χ0) is 24.5. The SMILES string of the molecule is CCc1ccc(N2C(=O)C3ON(CC(N)=O)C(c4cccc(Oc5ccccc5)c4)C3C2=O)cc1. The number of primary amides is 1. The van der Waals surface area contributed by atoms with Gasteiger partial charge in [-0.15, -0.1) is 0 Å². The van der Waals surface area contributed by atoms with Crippen molar-refractivity contribution in [1.29, 1.82) is 0 Å². The van der Waals surface area contributed by atoms with Crippen LogP contribution in [-0.2, 0) is 25.6 Å². The van der Waals surface area contributed by atoms with Crippen molar-refractivity contribution in [2.24, 2.45) is 11.7 Å². The summed E-state index contributed by atoms with van der Waals surface area (Å²) in [5.74, 6) is -1.08. The Kier molecular flexibility index (Phi) is 6.07. The summed E-state index contributed by atoms with van der Waals surface area (Å²) in [4.78, 5) is 45.7. The van der Waals surface area contributed by atoms with Crippen molar-refractivity contribution >= 4 is 23.4 Å². The molecule has 2 aliphatic heterocycles. The molecule has 5 rings (SSSR count). The second kappa shape index (κ2) is 9.32. The molecule has 0 radical (unpaired) electrons. The van der Waals surface area contributed by atoms with Crippen molar-refractivity contribution in [1.82, 2.24) is 5.06 Å². The molecule has 2 fully saturated rings. The second-order valence-electron chi connectivity index (χ2n) is 8.56. The van der Waals surface area contributed by atoms with Crippen molar-refractivity contribution in [2.75, 3.05) is 11.4 Å². The van der Waals surface area contributed by atoms with Gasteiger partial charge in [-0.2, -0.15) is 5.06 Å². The van der Waals surface area contributed by atoms with E-state index in [1.165, 1.54) is 9.96 Å². The summed E-state index contributed by atoms with van der Waals surface area (Å²) in [7, 11) is 0. The smallest absolute Gasteiger partial charge is 0.265 e. The molecule has 2 aliphatic rings. The Hall–Kier alpha value is -4.01. The fourth-order valence-corrected chi connectivity index (χ4v) is 4.65. The maximum atomic E-state index is 13.6. The predicted octanol–water partition coefficient (Wildman–Crippen LogP) is 3.37.